The lowest BCUT2D eigenvalue weighted by Crippen LogP contribution is -2.43. The van der Waals surface area contributed by atoms with E-state index in [2.05, 4.69) is 30.8 Å². The topological polar surface area (TPSA) is 72.3 Å². The Labute approximate surface area is 261 Å². The molecule has 0 unspecified atom stereocenters. The van der Waals surface area contributed by atoms with Gasteiger partial charge >= 0.3 is 6.09 Å². The molecular formula is C30H30BrCl2F2N5O2. The van der Waals surface area contributed by atoms with E-state index in [9.17, 15) is 13.6 Å². The molecule has 0 spiro atoms. The van der Waals surface area contributed by atoms with Gasteiger partial charge in [-0.1, -0.05) is 35.3 Å². The Balaban J connectivity index is 1.52. The SMILES string of the molecule is CC(C)(C)OC(=O)N1CCC[C@@H](Cn2c(-c3c(Cl)cccc3Cl)c(Br)c3cnc(NCc4ccc(F)c(F)c4)nc32)C1. The van der Waals surface area contributed by atoms with Crippen LogP contribution in [-0.4, -0.2) is 44.2 Å². The molecule has 2 aromatic heterocycles. The zero-order valence-corrected chi connectivity index (χ0v) is 26.5. The van der Waals surface area contributed by atoms with E-state index in [0.29, 0.717) is 52.4 Å². The zero-order valence-electron chi connectivity index (χ0n) is 23.4. The van der Waals surface area contributed by atoms with E-state index in [0.717, 1.165) is 40.5 Å². The van der Waals surface area contributed by atoms with Gasteiger partial charge < -0.3 is 19.5 Å². The van der Waals surface area contributed by atoms with Crippen LogP contribution in [0.25, 0.3) is 22.3 Å². The first-order chi connectivity index (χ1) is 19.9. The van der Waals surface area contributed by atoms with Crippen LogP contribution in [0.1, 0.15) is 39.2 Å². The van der Waals surface area contributed by atoms with Crippen LogP contribution < -0.4 is 5.32 Å². The summed E-state index contributed by atoms with van der Waals surface area (Å²) >= 11 is 17.1. The summed E-state index contributed by atoms with van der Waals surface area (Å²) in [7, 11) is 0. The largest absolute Gasteiger partial charge is 0.444 e. The molecular weight excluding hydrogens is 651 g/mol. The molecule has 1 amide bonds. The highest BCUT2D eigenvalue weighted by Crippen LogP contribution is 2.44. The first-order valence-corrected chi connectivity index (χ1v) is 15.1. The maximum absolute atomic E-state index is 13.7. The Morgan fingerprint density at radius 2 is 1.90 bits per heavy atom. The summed E-state index contributed by atoms with van der Waals surface area (Å²) in [5.74, 6) is -1.41. The normalized spacial score (nSPS) is 15.7. The fourth-order valence-corrected chi connectivity index (χ4v) is 6.38. The van der Waals surface area contributed by atoms with Gasteiger partial charge in [0.05, 0.1) is 25.6 Å². The van der Waals surface area contributed by atoms with Crippen molar-refractivity contribution < 1.29 is 18.3 Å². The molecule has 3 heterocycles. The summed E-state index contributed by atoms with van der Waals surface area (Å²) in [6.45, 7) is 7.44. The number of nitrogens with one attached hydrogen (secondary N) is 1. The first-order valence-electron chi connectivity index (χ1n) is 13.6. The van der Waals surface area contributed by atoms with Crippen molar-refractivity contribution in [3.63, 3.8) is 0 Å². The maximum Gasteiger partial charge on any atom is 0.410 e. The highest BCUT2D eigenvalue weighted by molar-refractivity contribution is 9.10. The van der Waals surface area contributed by atoms with Crippen LogP contribution in [0.4, 0.5) is 19.5 Å². The van der Waals surface area contributed by atoms with Gasteiger partial charge in [-0.15, -0.1) is 0 Å². The molecule has 1 aliphatic rings. The van der Waals surface area contributed by atoms with E-state index in [1.165, 1.54) is 6.07 Å². The zero-order chi connectivity index (χ0) is 30.2. The number of carbonyl (C=O) groups is 1. The number of carbonyl (C=O) groups excluding carboxylic acids is 1. The summed E-state index contributed by atoms with van der Waals surface area (Å²) in [6, 6.07) is 9.07. The van der Waals surface area contributed by atoms with Crippen LogP contribution in [0.5, 0.6) is 0 Å². The van der Waals surface area contributed by atoms with Gasteiger partial charge in [0.1, 0.15) is 11.2 Å². The molecule has 1 saturated heterocycles. The third-order valence-corrected chi connectivity index (χ3v) is 8.42. The second-order valence-electron chi connectivity index (χ2n) is 11.3. The van der Waals surface area contributed by atoms with Crippen LogP contribution >= 0.6 is 39.1 Å². The van der Waals surface area contributed by atoms with Crippen molar-refractivity contribution in [1.29, 1.82) is 0 Å². The number of hydrogen-bond donors (Lipinski definition) is 1. The minimum atomic E-state index is -0.919. The van der Waals surface area contributed by atoms with Gasteiger partial charge in [-0.3, -0.25) is 0 Å². The number of likely N-dealkylation sites (tertiary alicyclic amines) is 1. The standard InChI is InChI=1S/C30H30BrCl2F2N5O2/c1-30(2,3)42-29(41)39-11-5-6-18(15-39)16-40-26(24-20(32)7-4-8-21(24)33)25(31)19-14-37-28(38-27(19)40)36-13-17-9-10-22(34)23(35)12-17/h4,7-10,12,14,18H,5-6,11,13,15-16H2,1-3H3,(H,36,37,38)/t18-/m1/s1. The van der Waals surface area contributed by atoms with Gasteiger partial charge in [-0.25, -0.2) is 18.6 Å². The predicted octanol–water partition coefficient (Wildman–Crippen LogP) is 8.71. The van der Waals surface area contributed by atoms with Gasteiger partial charge in [-0.2, -0.15) is 4.98 Å². The number of rotatable bonds is 6. The van der Waals surface area contributed by atoms with Crippen molar-refractivity contribution in [2.24, 2.45) is 5.92 Å². The molecule has 0 radical (unpaired) electrons. The minimum absolute atomic E-state index is 0.0994. The highest BCUT2D eigenvalue weighted by atomic mass is 79.9. The van der Waals surface area contributed by atoms with Crippen molar-refractivity contribution in [3.8, 4) is 11.3 Å². The molecule has 5 rings (SSSR count). The van der Waals surface area contributed by atoms with Gasteiger partial charge in [0.15, 0.2) is 11.6 Å². The second kappa shape index (κ2) is 12.3. The van der Waals surface area contributed by atoms with E-state index in [1.54, 1.807) is 29.3 Å². The monoisotopic (exact) mass is 679 g/mol. The van der Waals surface area contributed by atoms with Crippen LogP contribution in [0.3, 0.4) is 0 Å². The van der Waals surface area contributed by atoms with Crippen LogP contribution in [0, 0.1) is 17.6 Å². The van der Waals surface area contributed by atoms with Crippen molar-refractivity contribution in [1.82, 2.24) is 19.4 Å². The minimum Gasteiger partial charge on any atom is -0.444 e. The van der Waals surface area contributed by atoms with E-state index < -0.39 is 17.2 Å². The third kappa shape index (κ3) is 6.66. The average Bonchev–Trinajstić information content (AvgIpc) is 3.19. The summed E-state index contributed by atoms with van der Waals surface area (Å²) in [5, 5.41) is 4.82. The maximum atomic E-state index is 13.7. The Hall–Kier alpha value is -2.95. The summed E-state index contributed by atoms with van der Waals surface area (Å²) in [5.41, 5.74) is 2.00. The fourth-order valence-electron chi connectivity index (χ4n) is 5.11. The Morgan fingerprint density at radius 3 is 2.60 bits per heavy atom. The molecule has 1 atom stereocenters. The first kappa shape index (κ1) is 30.5. The number of aromatic nitrogens is 3. The van der Waals surface area contributed by atoms with Crippen molar-refractivity contribution in [2.45, 2.75) is 52.3 Å². The molecule has 12 heteroatoms. The van der Waals surface area contributed by atoms with E-state index in [-0.39, 0.29) is 18.6 Å². The Kier molecular flexibility index (Phi) is 8.97. The molecule has 1 fully saturated rings. The molecule has 1 N–H and O–H groups in total. The van der Waals surface area contributed by atoms with Crippen LogP contribution in [-0.2, 0) is 17.8 Å². The number of fused-ring (bicyclic) bond motifs is 1. The molecule has 0 bridgehead atoms. The quantitative estimate of drug-likeness (QED) is 0.221. The molecule has 7 nitrogen and oxygen atoms in total. The Morgan fingerprint density at radius 1 is 1.17 bits per heavy atom. The van der Waals surface area contributed by atoms with Gasteiger partial charge in [0.25, 0.3) is 0 Å². The fraction of sp³-hybridized carbons (Fsp3) is 0.367. The number of piperidine rings is 1. The number of anilines is 1. The van der Waals surface area contributed by atoms with Crippen molar-refractivity contribution >= 4 is 62.2 Å². The second-order valence-corrected chi connectivity index (χ2v) is 12.9. The van der Waals surface area contributed by atoms with E-state index in [4.69, 9.17) is 32.9 Å². The molecule has 4 aromatic rings. The number of nitrogens with zero attached hydrogens (tertiary/aromatic N) is 4. The lowest BCUT2D eigenvalue weighted by Gasteiger charge is -2.34. The number of hydrogen-bond acceptors (Lipinski definition) is 5. The predicted molar refractivity (Wildman–Crippen MR) is 165 cm³/mol. The third-order valence-electron chi connectivity index (χ3n) is 6.98. The number of ether oxygens (including phenoxy) is 1. The van der Waals surface area contributed by atoms with Crippen LogP contribution in [0.15, 0.2) is 47.1 Å². The number of benzene rings is 2. The Bertz CT molecular complexity index is 1620. The smallest absolute Gasteiger partial charge is 0.410 e. The van der Waals surface area contributed by atoms with Gasteiger partial charge in [0, 0.05) is 37.9 Å². The summed E-state index contributed by atoms with van der Waals surface area (Å²) < 4.78 is 35.5. The average molecular weight is 681 g/mol. The lowest BCUT2D eigenvalue weighted by atomic mass is 9.98. The molecule has 0 aliphatic carbocycles. The molecule has 2 aromatic carbocycles. The van der Waals surface area contributed by atoms with Gasteiger partial charge in [-0.05, 0) is 85.3 Å². The molecule has 42 heavy (non-hydrogen) atoms. The molecule has 0 saturated carbocycles. The summed E-state index contributed by atoms with van der Waals surface area (Å²) in [6.07, 6.45) is 3.10. The molecule has 1 aliphatic heterocycles. The van der Waals surface area contributed by atoms with Crippen LogP contribution in [0.2, 0.25) is 10.0 Å². The molecule has 222 valence electrons. The van der Waals surface area contributed by atoms with E-state index in [1.807, 2.05) is 20.8 Å². The summed E-state index contributed by atoms with van der Waals surface area (Å²) in [4.78, 5) is 23.9. The van der Waals surface area contributed by atoms with Crippen molar-refractivity contribution in [3.05, 3.63) is 74.3 Å². The van der Waals surface area contributed by atoms with Crippen molar-refractivity contribution in [2.75, 3.05) is 18.4 Å². The lowest BCUT2D eigenvalue weighted by molar-refractivity contribution is 0.0158. The van der Waals surface area contributed by atoms with Gasteiger partial charge in [0.2, 0.25) is 5.95 Å². The highest BCUT2D eigenvalue weighted by Gasteiger charge is 2.30. The number of halogens is 5. The number of amides is 1. The van der Waals surface area contributed by atoms with E-state index >= 15 is 0 Å².